The molecular formula is C6H14ClNO2. The van der Waals surface area contributed by atoms with Crippen molar-refractivity contribution in [1.29, 1.82) is 0 Å². The van der Waals surface area contributed by atoms with E-state index >= 15 is 0 Å². The van der Waals surface area contributed by atoms with Gasteiger partial charge >= 0.3 is 0 Å². The van der Waals surface area contributed by atoms with Gasteiger partial charge in [0.2, 0.25) is 0 Å². The highest BCUT2D eigenvalue weighted by Gasteiger charge is 2.19. The van der Waals surface area contributed by atoms with E-state index in [-0.39, 0.29) is 0 Å². The predicted octanol–water partition coefficient (Wildman–Crippen LogP) is 0.275. The summed E-state index contributed by atoms with van der Waals surface area (Å²) in [7, 11) is 3.75. The summed E-state index contributed by atoms with van der Waals surface area (Å²) in [5.74, 6) is 0.667. The smallest absolute Gasteiger partial charge is 0.106 e. The van der Waals surface area contributed by atoms with Crippen molar-refractivity contribution < 1.29 is 9.53 Å². The lowest BCUT2D eigenvalue weighted by Crippen LogP contribution is -1.89. The minimum Gasteiger partial charge on any atom is -0.372 e. The molecule has 1 aliphatic rings. The van der Waals surface area contributed by atoms with E-state index in [1.807, 2.05) is 20.9 Å². The van der Waals surface area contributed by atoms with Crippen LogP contribution in [-0.4, -0.2) is 39.5 Å². The number of carbonyl (C=O) groups excluding carboxylic acids is 1. The van der Waals surface area contributed by atoms with Gasteiger partial charge in [0.25, 0.3) is 0 Å². The first kappa shape index (κ1) is 12.5. The van der Waals surface area contributed by atoms with E-state index in [2.05, 4.69) is 5.32 Å². The number of carbonyl (C=O) groups is 1. The molecule has 1 saturated heterocycles. The molecule has 1 N–H and O–H groups in total. The molecule has 0 saturated carbocycles. The quantitative estimate of drug-likeness (QED) is 0.451. The molecule has 1 unspecified atom stereocenters. The van der Waals surface area contributed by atoms with Crippen LogP contribution in [0, 0.1) is 0 Å². The van der Waals surface area contributed by atoms with Gasteiger partial charge in [0.15, 0.2) is 0 Å². The monoisotopic (exact) mass is 167 g/mol. The van der Waals surface area contributed by atoms with Gasteiger partial charge in [0.05, 0.1) is 18.6 Å². The number of hydrogen-bond acceptors (Lipinski definition) is 3. The second-order valence-electron chi connectivity index (χ2n) is 1.61. The molecule has 0 aromatic rings. The third-order valence-corrected chi connectivity index (χ3v) is 0.919. The molecule has 0 aliphatic carbocycles. The molecule has 0 aromatic carbocycles. The zero-order valence-corrected chi connectivity index (χ0v) is 7.15. The van der Waals surface area contributed by atoms with E-state index in [4.69, 9.17) is 21.1 Å². The Hall–Kier alpha value is -0.120. The predicted molar refractivity (Wildman–Crippen MR) is 42.6 cm³/mol. The van der Waals surface area contributed by atoms with Crippen molar-refractivity contribution in [3.8, 4) is 0 Å². The zero-order valence-electron chi connectivity index (χ0n) is 6.39. The Kier molecular flexibility index (Phi) is 14.6. The molecule has 10 heavy (non-hydrogen) atoms. The minimum atomic E-state index is 0.400. The lowest BCUT2D eigenvalue weighted by Gasteiger charge is -1.67. The highest BCUT2D eigenvalue weighted by atomic mass is 35.5. The van der Waals surface area contributed by atoms with Crippen molar-refractivity contribution in [2.24, 2.45) is 0 Å². The second kappa shape index (κ2) is 11.6. The summed E-state index contributed by atoms with van der Waals surface area (Å²) in [6.07, 6.45) is 0.400. The topological polar surface area (TPSA) is 41.6 Å². The van der Waals surface area contributed by atoms with Crippen molar-refractivity contribution in [1.82, 2.24) is 5.32 Å². The van der Waals surface area contributed by atoms with Crippen molar-refractivity contribution in [3.63, 3.8) is 0 Å². The van der Waals surface area contributed by atoms with Gasteiger partial charge < -0.3 is 14.8 Å². The Bertz CT molecular complexity index is 59.7. The maximum absolute atomic E-state index is 8.00. The van der Waals surface area contributed by atoms with E-state index in [9.17, 15) is 0 Å². The van der Waals surface area contributed by atoms with Gasteiger partial charge in [-0.05, 0) is 14.1 Å². The Morgan fingerprint density at radius 3 is 2.00 bits per heavy atom. The van der Waals surface area contributed by atoms with Crippen LogP contribution in [0.3, 0.4) is 0 Å². The summed E-state index contributed by atoms with van der Waals surface area (Å²) in [5, 5.41) is 2.75. The van der Waals surface area contributed by atoms with Crippen LogP contribution in [0.15, 0.2) is 0 Å². The first-order valence-electron chi connectivity index (χ1n) is 2.90. The Morgan fingerprint density at radius 2 is 2.00 bits per heavy atom. The van der Waals surface area contributed by atoms with Crippen LogP contribution in [0.4, 0.5) is 0 Å². The van der Waals surface area contributed by atoms with E-state index in [1.165, 1.54) is 0 Å². The molecule has 1 atom stereocenters. The van der Waals surface area contributed by atoms with Crippen LogP contribution in [0.25, 0.3) is 0 Å². The van der Waals surface area contributed by atoms with Crippen molar-refractivity contribution in [3.05, 3.63) is 0 Å². The molecule has 1 rings (SSSR count). The van der Waals surface area contributed by atoms with E-state index in [1.54, 1.807) is 0 Å². The van der Waals surface area contributed by atoms with E-state index in [0.29, 0.717) is 12.0 Å². The molecule has 3 nitrogen and oxygen atoms in total. The minimum absolute atomic E-state index is 0.400. The molecule has 1 heterocycles. The maximum Gasteiger partial charge on any atom is 0.106 e. The third-order valence-electron chi connectivity index (χ3n) is 0.574. The average Bonchev–Trinajstić information content (AvgIpc) is 2.75. The number of rotatable bonds is 1. The first-order chi connectivity index (χ1) is 4.85. The first-order valence-corrected chi connectivity index (χ1v) is 3.43. The van der Waals surface area contributed by atoms with Crippen molar-refractivity contribution >= 4 is 18.4 Å². The van der Waals surface area contributed by atoms with Crippen molar-refractivity contribution in [2.75, 3.05) is 26.6 Å². The van der Waals surface area contributed by atoms with Crippen LogP contribution in [0.5, 0.6) is 0 Å². The zero-order chi connectivity index (χ0) is 8.41. The van der Waals surface area contributed by atoms with Crippen LogP contribution in [0.2, 0.25) is 0 Å². The van der Waals surface area contributed by atoms with E-state index < -0.39 is 0 Å². The lowest BCUT2D eigenvalue weighted by atomic mass is 10.6. The number of halogens is 1. The van der Waals surface area contributed by atoms with Gasteiger partial charge in [0, 0.05) is 0 Å². The van der Waals surface area contributed by atoms with Crippen LogP contribution >= 0.6 is 11.6 Å². The van der Waals surface area contributed by atoms with Gasteiger partial charge in [-0.15, -0.1) is 11.6 Å². The molecule has 0 radical (unpaired) electrons. The molecule has 0 bridgehead atoms. The SMILES string of the molecule is C=O.CNC.ClCC1CO1. The van der Waals surface area contributed by atoms with Crippen LogP contribution < -0.4 is 5.32 Å². The van der Waals surface area contributed by atoms with Gasteiger partial charge in [-0.3, -0.25) is 0 Å². The molecule has 4 heteroatoms. The largest absolute Gasteiger partial charge is 0.372 e. The van der Waals surface area contributed by atoms with Gasteiger partial charge in [-0.1, -0.05) is 0 Å². The fourth-order valence-electron chi connectivity index (χ4n) is 0.157. The second-order valence-corrected chi connectivity index (χ2v) is 1.92. The normalized spacial score (nSPS) is 19.3. The Labute approximate surface area is 66.7 Å². The summed E-state index contributed by atoms with van der Waals surface area (Å²) in [5.41, 5.74) is 0. The summed E-state index contributed by atoms with van der Waals surface area (Å²) < 4.78 is 4.73. The van der Waals surface area contributed by atoms with Crippen LogP contribution in [0.1, 0.15) is 0 Å². The molecule has 1 aliphatic heterocycles. The summed E-state index contributed by atoms with van der Waals surface area (Å²) >= 11 is 5.27. The van der Waals surface area contributed by atoms with Crippen molar-refractivity contribution in [2.45, 2.75) is 6.10 Å². The number of hydrogen-bond donors (Lipinski definition) is 1. The number of ether oxygens (including phenoxy) is 1. The molecule has 0 spiro atoms. The van der Waals surface area contributed by atoms with E-state index in [0.717, 1.165) is 6.61 Å². The van der Waals surface area contributed by atoms with Crippen LogP contribution in [-0.2, 0) is 9.53 Å². The molecule has 0 aromatic heterocycles. The lowest BCUT2D eigenvalue weighted by molar-refractivity contribution is -0.0979. The number of alkyl halides is 1. The fraction of sp³-hybridized carbons (Fsp3) is 0.833. The highest BCUT2D eigenvalue weighted by Crippen LogP contribution is 2.08. The van der Waals surface area contributed by atoms with Gasteiger partial charge in [-0.2, -0.15) is 0 Å². The third kappa shape index (κ3) is 15.7. The number of epoxide rings is 1. The summed E-state index contributed by atoms with van der Waals surface area (Å²) in [6, 6.07) is 0. The number of nitrogens with one attached hydrogen (secondary N) is 1. The fourth-order valence-corrected chi connectivity index (χ4v) is 0.335. The summed E-state index contributed by atoms with van der Waals surface area (Å²) in [6.45, 7) is 2.88. The standard InChI is InChI=1S/C3H5ClO.C2H7N.CH2O/c4-1-3-2-5-3;1-3-2;1-2/h3H,1-2H2;3H,1-2H3;1H2. The highest BCUT2D eigenvalue weighted by molar-refractivity contribution is 6.18. The Balaban J connectivity index is 0. The molecule has 0 amide bonds. The molecule has 1 fully saturated rings. The Morgan fingerprint density at radius 1 is 1.70 bits per heavy atom. The summed E-state index contributed by atoms with van der Waals surface area (Å²) in [4.78, 5) is 8.00. The molecular weight excluding hydrogens is 154 g/mol. The average molecular weight is 168 g/mol. The maximum atomic E-state index is 8.00. The van der Waals surface area contributed by atoms with Gasteiger partial charge in [0.1, 0.15) is 6.79 Å². The van der Waals surface area contributed by atoms with Gasteiger partial charge in [-0.25, -0.2) is 0 Å². The molecule has 62 valence electrons.